The molecule has 0 aromatic rings. The van der Waals surface area contributed by atoms with Crippen LogP contribution in [0.1, 0.15) is 33.1 Å². The zero-order valence-electron chi connectivity index (χ0n) is 10.6. The Labute approximate surface area is 108 Å². The Morgan fingerprint density at radius 2 is 2.06 bits per heavy atom. The number of nitrogens with zero attached hydrogens (tertiary/aromatic N) is 1. The molecule has 1 rings (SSSR count). The smallest absolute Gasteiger partial charge is 0.323 e. The van der Waals surface area contributed by atoms with E-state index in [1.165, 1.54) is 0 Å². The zero-order valence-corrected chi connectivity index (χ0v) is 11.5. The van der Waals surface area contributed by atoms with Crippen molar-refractivity contribution in [1.29, 1.82) is 0 Å². The average Bonchev–Trinajstić information content (AvgIpc) is 2.31. The highest BCUT2D eigenvalue weighted by Crippen LogP contribution is 2.20. The van der Waals surface area contributed by atoms with Crippen LogP contribution >= 0.6 is 12.2 Å². The van der Waals surface area contributed by atoms with Gasteiger partial charge in [-0.05, 0) is 39.3 Å². The Balaban J connectivity index is 2.50. The van der Waals surface area contributed by atoms with Crippen molar-refractivity contribution < 1.29 is 9.53 Å². The first-order valence-electron chi connectivity index (χ1n) is 6.30. The minimum Gasteiger partial charge on any atom is -0.465 e. The topological polar surface area (TPSA) is 55.6 Å². The molecule has 0 aromatic heterocycles. The Morgan fingerprint density at radius 3 is 2.47 bits per heavy atom. The molecule has 4 nitrogen and oxygen atoms in total. The molecule has 1 unspecified atom stereocenters. The Kier molecular flexibility index (Phi) is 5.85. The van der Waals surface area contributed by atoms with Crippen molar-refractivity contribution in [2.75, 3.05) is 19.7 Å². The maximum Gasteiger partial charge on any atom is 0.323 e. The quantitative estimate of drug-likeness (QED) is 0.595. The van der Waals surface area contributed by atoms with Crippen molar-refractivity contribution in [3.8, 4) is 0 Å². The SMILES string of the molecule is CCOC(=O)C(CC)N1CCC(C(N)=S)CC1. The number of carbonyl (C=O) groups is 1. The van der Waals surface area contributed by atoms with Gasteiger partial charge in [-0.2, -0.15) is 0 Å². The van der Waals surface area contributed by atoms with Gasteiger partial charge in [-0.3, -0.25) is 9.69 Å². The zero-order chi connectivity index (χ0) is 12.8. The molecule has 2 N–H and O–H groups in total. The van der Waals surface area contributed by atoms with Crippen molar-refractivity contribution in [3.63, 3.8) is 0 Å². The summed E-state index contributed by atoms with van der Waals surface area (Å²) in [6.07, 6.45) is 2.69. The van der Waals surface area contributed by atoms with Crippen LogP contribution in [-0.2, 0) is 9.53 Å². The van der Waals surface area contributed by atoms with Crippen molar-refractivity contribution >= 4 is 23.2 Å². The van der Waals surface area contributed by atoms with E-state index in [0.29, 0.717) is 17.5 Å². The minimum atomic E-state index is -0.109. The molecule has 0 radical (unpaired) electrons. The van der Waals surface area contributed by atoms with Gasteiger partial charge in [-0.25, -0.2) is 0 Å². The lowest BCUT2D eigenvalue weighted by molar-refractivity contribution is -0.150. The lowest BCUT2D eigenvalue weighted by atomic mass is 9.95. The number of likely N-dealkylation sites (tertiary alicyclic amines) is 1. The number of esters is 1. The Bertz CT molecular complexity index is 276. The maximum absolute atomic E-state index is 11.8. The number of hydrogen-bond donors (Lipinski definition) is 1. The lowest BCUT2D eigenvalue weighted by Gasteiger charge is -2.35. The molecule has 5 heteroatoms. The van der Waals surface area contributed by atoms with E-state index in [1.807, 2.05) is 13.8 Å². The van der Waals surface area contributed by atoms with Gasteiger partial charge in [-0.15, -0.1) is 0 Å². The molecular formula is C12H22N2O2S. The second-order valence-corrected chi connectivity index (χ2v) is 4.86. The molecule has 1 saturated heterocycles. The molecule has 0 aliphatic carbocycles. The van der Waals surface area contributed by atoms with Crippen molar-refractivity contribution in [2.45, 2.75) is 39.2 Å². The largest absolute Gasteiger partial charge is 0.465 e. The highest BCUT2D eigenvalue weighted by Gasteiger charge is 2.30. The second-order valence-electron chi connectivity index (χ2n) is 4.39. The van der Waals surface area contributed by atoms with Crippen LogP contribution < -0.4 is 5.73 Å². The summed E-state index contributed by atoms with van der Waals surface area (Å²) in [4.78, 5) is 14.6. The fraction of sp³-hybridized carbons (Fsp3) is 0.833. The van der Waals surface area contributed by atoms with Crippen LogP contribution in [0.25, 0.3) is 0 Å². The minimum absolute atomic E-state index is 0.108. The summed E-state index contributed by atoms with van der Waals surface area (Å²) in [6, 6.07) is -0.109. The van der Waals surface area contributed by atoms with Crippen LogP contribution in [-0.4, -0.2) is 41.6 Å². The number of ether oxygens (including phenoxy) is 1. The Morgan fingerprint density at radius 1 is 1.47 bits per heavy atom. The number of nitrogens with two attached hydrogens (primary N) is 1. The van der Waals surface area contributed by atoms with Gasteiger partial charge >= 0.3 is 5.97 Å². The van der Waals surface area contributed by atoms with Gasteiger partial charge in [0.1, 0.15) is 6.04 Å². The molecule has 0 bridgehead atoms. The van der Waals surface area contributed by atoms with E-state index in [2.05, 4.69) is 4.90 Å². The third-order valence-electron chi connectivity index (χ3n) is 3.32. The van der Waals surface area contributed by atoms with Gasteiger partial charge < -0.3 is 10.5 Å². The molecule has 1 aliphatic heterocycles. The van der Waals surface area contributed by atoms with Crippen LogP contribution in [0.3, 0.4) is 0 Å². The van der Waals surface area contributed by atoms with E-state index in [0.717, 1.165) is 32.4 Å². The molecule has 17 heavy (non-hydrogen) atoms. The summed E-state index contributed by atoms with van der Waals surface area (Å²) >= 11 is 5.01. The molecule has 0 saturated carbocycles. The molecule has 98 valence electrons. The lowest BCUT2D eigenvalue weighted by Crippen LogP contribution is -2.47. The Hall–Kier alpha value is -0.680. The van der Waals surface area contributed by atoms with Gasteiger partial charge in [0.05, 0.1) is 11.6 Å². The monoisotopic (exact) mass is 258 g/mol. The maximum atomic E-state index is 11.8. The average molecular weight is 258 g/mol. The van der Waals surface area contributed by atoms with Crippen molar-refractivity contribution in [1.82, 2.24) is 4.90 Å². The van der Waals surface area contributed by atoms with Crippen LogP contribution in [0.15, 0.2) is 0 Å². The summed E-state index contributed by atoms with van der Waals surface area (Å²) in [6.45, 7) is 6.04. The summed E-state index contributed by atoms with van der Waals surface area (Å²) < 4.78 is 5.09. The molecule has 1 atom stereocenters. The standard InChI is InChI=1S/C12H22N2O2S/c1-3-10(12(15)16-4-2)14-7-5-9(6-8-14)11(13)17/h9-10H,3-8H2,1-2H3,(H2,13,17). The summed E-state index contributed by atoms with van der Waals surface area (Å²) in [7, 11) is 0. The number of piperidine rings is 1. The second kappa shape index (κ2) is 6.91. The van der Waals surface area contributed by atoms with E-state index >= 15 is 0 Å². The molecule has 0 aromatic carbocycles. The predicted octanol–water partition coefficient (Wildman–Crippen LogP) is 1.33. The number of carbonyl (C=O) groups excluding carboxylic acids is 1. The van der Waals surface area contributed by atoms with Crippen LogP contribution in [0, 0.1) is 5.92 Å². The first-order valence-corrected chi connectivity index (χ1v) is 6.70. The van der Waals surface area contributed by atoms with E-state index < -0.39 is 0 Å². The van der Waals surface area contributed by atoms with Crippen LogP contribution in [0.2, 0.25) is 0 Å². The van der Waals surface area contributed by atoms with Gasteiger partial charge in [0, 0.05) is 5.92 Å². The third kappa shape index (κ3) is 3.92. The highest BCUT2D eigenvalue weighted by molar-refractivity contribution is 7.80. The number of hydrogen-bond acceptors (Lipinski definition) is 4. The van der Waals surface area contributed by atoms with Crippen LogP contribution in [0.5, 0.6) is 0 Å². The molecule has 0 spiro atoms. The highest BCUT2D eigenvalue weighted by atomic mass is 32.1. The van der Waals surface area contributed by atoms with E-state index in [4.69, 9.17) is 22.7 Å². The normalized spacial score (nSPS) is 19.9. The first-order chi connectivity index (χ1) is 8.10. The molecule has 1 heterocycles. The summed E-state index contributed by atoms with van der Waals surface area (Å²) in [5, 5.41) is 0. The first kappa shape index (κ1) is 14.4. The molecule has 1 aliphatic rings. The number of thiocarbonyl (C=S) groups is 1. The van der Waals surface area contributed by atoms with E-state index in [9.17, 15) is 4.79 Å². The fourth-order valence-electron chi connectivity index (χ4n) is 2.31. The van der Waals surface area contributed by atoms with Gasteiger partial charge in [0.2, 0.25) is 0 Å². The van der Waals surface area contributed by atoms with Crippen LogP contribution in [0.4, 0.5) is 0 Å². The van der Waals surface area contributed by atoms with Gasteiger partial charge in [0.25, 0.3) is 0 Å². The van der Waals surface area contributed by atoms with E-state index in [1.54, 1.807) is 0 Å². The fourth-order valence-corrected chi connectivity index (χ4v) is 2.54. The van der Waals surface area contributed by atoms with Crippen molar-refractivity contribution in [3.05, 3.63) is 0 Å². The summed E-state index contributed by atoms with van der Waals surface area (Å²) in [5.41, 5.74) is 5.65. The predicted molar refractivity (Wildman–Crippen MR) is 71.8 cm³/mol. The van der Waals surface area contributed by atoms with E-state index in [-0.39, 0.29) is 12.0 Å². The number of rotatable bonds is 5. The van der Waals surface area contributed by atoms with Gasteiger partial charge in [-0.1, -0.05) is 19.1 Å². The molecule has 1 fully saturated rings. The summed E-state index contributed by atoms with van der Waals surface area (Å²) in [5.74, 6) is 0.227. The molecule has 0 amide bonds. The van der Waals surface area contributed by atoms with Gasteiger partial charge in [0.15, 0.2) is 0 Å². The third-order valence-corrected chi connectivity index (χ3v) is 3.65. The molecular weight excluding hydrogens is 236 g/mol. The van der Waals surface area contributed by atoms with Crippen molar-refractivity contribution in [2.24, 2.45) is 11.7 Å².